The number of ether oxygens (including phenoxy) is 1. The number of aliphatic imine (C=N–C) groups is 1. The van der Waals surface area contributed by atoms with E-state index in [1.807, 2.05) is 0 Å². The first-order chi connectivity index (χ1) is 11.2. The molecule has 0 atom stereocenters. The van der Waals surface area contributed by atoms with E-state index >= 15 is 0 Å². The minimum Gasteiger partial charge on any atom is -0.381 e. The minimum absolute atomic E-state index is 0.0619. The minimum atomic E-state index is 0.0619. The highest BCUT2D eigenvalue weighted by Crippen LogP contribution is 2.37. The molecule has 126 valence electrons. The molecular weight excluding hydrogens is 286 g/mol. The molecule has 1 heterocycles. The second kappa shape index (κ2) is 7.35. The first kappa shape index (κ1) is 16.3. The molecular formula is C19H29N3O. The number of hydrogen-bond donors (Lipinski definition) is 2. The standard InChI is InChI=1S/C19H29N3O/c1-15-5-2-3-8-17(15)19(9-11-23-12-10-19)14-22-18(20)21-13-16-6-4-7-16/h2-3,5,8,16H,4,6-7,9-14H2,1H3,(H3,20,21,22). The van der Waals surface area contributed by atoms with Gasteiger partial charge >= 0.3 is 0 Å². The Morgan fingerprint density at radius 3 is 2.70 bits per heavy atom. The number of aryl methyl sites for hydroxylation is 1. The number of nitrogens with zero attached hydrogens (tertiary/aromatic N) is 1. The zero-order chi connectivity index (χ0) is 16.1. The summed E-state index contributed by atoms with van der Waals surface area (Å²) in [6, 6.07) is 8.66. The highest BCUT2D eigenvalue weighted by molar-refractivity contribution is 5.77. The van der Waals surface area contributed by atoms with Crippen molar-refractivity contribution in [2.45, 2.75) is 44.4 Å². The van der Waals surface area contributed by atoms with Gasteiger partial charge in [0, 0.05) is 25.2 Å². The fourth-order valence-electron chi connectivity index (χ4n) is 3.68. The predicted molar refractivity (Wildman–Crippen MR) is 94.7 cm³/mol. The third-order valence-electron chi connectivity index (χ3n) is 5.51. The molecule has 0 radical (unpaired) electrons. The molecule has 23 heavy (non-hydrogen) atoms. The maximum atomic E-state index is 6.10. The highest BCUT2D eigenvalue weighted by atomic mass is 16.5. The molecule has 0 spiro atoms. The van der Waals surface area contributed by atoms with Gasteiger partial charge in [-0.1, -0.05) is 30.7 Å². The van der Waals surface area contributed by atoms with Crippen molar-refractivity contribution < 1.29 is 4.74 Å². The van der Waals surface area contributed by atoms with Gasteiger partial charge in [-0.15, -0.1) is 0 Å². The third kappa shape index (κ3) is 3.86. The Balaban J connectivity index is 1.70. The van der Waals surface area contributed by atoms with Crippen LogP contribution in [0.1, 0.15) is 43.2 Å². The van der Waals surface area contributed by atoms with Crippen LogP contribution in [0.3, 0.4) is 0 Å². The summed E-state index contributed by atoms with van der Waals surface area (Å²) in [7, 11) is 0. The summed E-state index contributed by atoms with van der Waals surface area (Å²) in [6.07, 6.45) is 6.03. The lowest BCUT2D eigenvalue weighted by Crippen LogP contribution is -2.41. The third-order valence-corrected chi connectivity index (χ3v) is 5.51. The fourth-order valence-corrected chi connectivity index (χ4v) is 3.68. The summed E-state index contributed by atoms with van der Waals surface area (Å²) >= 11 is 0. The van der Waals surface area contributed by atoms with Gasteiger partial charge in [0.25, 0.3) is 0 Å². The summed E-state index contributed by atoms with van der Waals surface area (Å²) in [5, 5.41) is 3.30. The van der Waals surface area contributed by atoms with Gasteiger partial charge in [-0.3, -0.25) is 4.99 Å². The summed E-state index contributed by atoms with van der Waals surface area (Å²) in [6.45, 7) is 5.51. The number of hydrogen-bond acceptors (Lipinski definition) is 2. The van der Waals surface area contributed by atoms with Crippen molar-refractivity contribution >= 4 is 5.96 Å². The summed E-state index contributed by atoms with van der Waals surface area (Å²) in [5.74, 6) is 1.38. The van der Waals surface area contributed by atoms with Crippen molar-refractivity contribution in [1.29, 1.82) is 0 Å². The van der Waals surface area contributed by atoms with Crippen LogP contribution in [0.5, 0.6) is 0 Å². The quantitative estimate of drug-likeness (QED) is 0.649. The molecule has 0 aromatic heterocycles. The molecule has 0 unspecified atom stereocenters. The molecule has 3 N–H and O–H groups in total. The number of nitrogens with two attached hydrogens (primary N) is 1. The van der Waals surface area contributed by atoms with E-state index in [9.17, 15) is 0 Å². The van der Waals surface area contributed by atoms with Crippen molar-refractivity contribution in [2.24, 2.45) is 16.6 Å². The zero-order valence-corrected chi connectivity index (χ0v) is 14.2. The average molecular weight is 315 g/mol. The molecule has 2 aliphatic rings. The van der Waals surface area contributed by atoms with Crippen molar-refractivity contribution in [1.82, 2.24) is 5.32 Å². The number of guanidine groups is 1. The molecule has 4 heteroatoms. The summed E-state index contributed by atoms with van der Waals surface area (Å²) in [5.41, 5.74) is 8.90. The van der Waals surface area contributed by atoms with E-state index in [1.165, 1.54) is 30.4 Å². The van der Waals surface area contributed by atoms with Crippen LogP contribution in [0.25, 0.3) is 0 Å². The lowest BCUT2D eigenvalue weighted by Gasteiger charge is -2.37. The van der Waals surface area contributed by atoms with Crippen LogP contribution < -0.4 is 11.1 Å². The topological polar surface area (TPSA) is 59.6 Å². The monoisotopic (exact) mass is 315 g/mol. The van der Waals surface area contributed by atoms with Gasteiger partial charge in [0.2, 0.25) is 0 Å². The maximum absolute atomic E-state index is 6.10. The van der Waals surface area contributed by atoms with E-state index in [-0.39, 0.29) is 5.41 Å². The van der Waals surface area contributed by atoms with E-state index in [1.54, 1.807) is 0 Å². The second-order valence-electron chi connectivity index (χ2n) is 7.09. The molecule has 1 aliphatic heterocycles. The van der Waals surface area contributed by atoms with Gasteiger partial charge < -0.3 is 15.8 Å². The Kier molecular flexibility index (Phi) is 5.21. The van der Waals surface area contributed by atoms with Gasteiger partial charge in [0.15, 0.2) is 5.96 Å². The molecule has 1 aliphatic carbocycles. The van der Waals surface area contributed by atoms with Crippen molar-refractivity contribution in [2.75, 3.05) is 26.3 Å². The molecule has 3 rings (SSSR count). The Bertz CT molecular complexity index is 545. The molecule has 0 amide bonds. The Labute approximate surface area is 139 Å². The smallest absolute Gasteiger partial charge is 0.188 e. The highest BCUT2D eigenvalue weighted by Gasteiger charge is 2.35. The van der Waals surface area contributed by atoms with Gasteiger partial charge in [-0.05, 0) is 49.7 Å². The second-order valence-corrected chi connectivity index (χ2v) is 7.09. The van der Waals surface area contributed by atoms with Gasteiger partial charge in [0.05, 0.1) is 6.54 Å². The van der Waals surface area contributed by atoms with Crippen LogP contribution in [0.4, 0.5) is 0 Å². The SMILES string of the molecule is Cc1ccccc1C1(CN=C(N)NCC2CCC2)CCOCC1. The molecule has 1 aromatic rings. The fraction of sp³-hybridized carbons (Fsp3) is 0.632. The lowest BCUT2D eigenvalue weighted by atomic mass is 9.72. The van der Waals surface area contributed by atoms with Crippen molar-refractivity contribution in [3.05, 3.63) is 35.4 Å². The van der Waals surface area contributed by atoms with Crippen LogP contribution >= 0.6 is 0 Å². The first-order valence-electron chi connectivity index (χ1n) is 8.87. The van der Waals surface area contributed by atoms with Crippen molar-refractivity contribution in [3.63, 3.8) is 0 Å². The van der Waals surface area contributed by atoms with Crippen LogP contribution in [0.2, 0.25) is 0 Å². The summed E-state index contributed by atoms with van der Waals surface area (Å²) < 4.78 is 5.60. The van der Waals surface area contributed by atoms with E-state index in [2.05, 4.69) is 36.5 Å². The van der Waals surface area contributed by atoms with E-state index < -0.39 is 0 Å². The normalized spacial score (nSPS) is 21.7. The van der Waals surface area contributed by atoms with E-state index in [4.69, 9.17) is 15.5 Å². The maximum Gasteiger partial charge on any atom is 0.188 e. The van der Waals surface area contributed by atoms with Gasteiger partial charge in [-0.25, -0.2) is 0 Å². The number of rotatable bonds is 5. The zero-order valence-electron chi connectivity index (χ0n) is 14.2. The van der Waals surface area contributed by atoms with Crippen LogP contribution in [0.15, 0.2) is 29.3 Å². The van der Waals surface area contributed by atoms with Crippen molar-refractivity contribution in [3.8, 4) is 0 Å². The van der Waals surface area contributed by atoms with Crippen LogP contribution in [-0.4, -0.2) is 32.3 Å². The Morgan fingerprint density at radius 2 is 2.04 bits per heavy atom. The van der Waals surface area contributed by atoms with Crippen LogP contribution in [0, 0.1) is 12.8 Å². The molecule has 1 saturated carbocycles. The average Bonchev–Trinajstić information content (AvgIpc) is 2.53. The first-order valence-corrected chi connectivity index (χ1v) is 8.87. The Morgan fingerprint density at radius 1 is 1.30 bits per heavy atom. The molecule has 4 nitrogen and oxygen atoms in total. The molecule has 1 saturated heterocycles. The lowest BCUT2D eigenvalue weighted by molar-refractivity contribution is 0.0529. The van der Waals surface area contributed by atoms with E-state index in [0.29, 0.717) is 5.96 Å². The van der Waals surface area contributed by atoms with Gasteiger partial charge in [-0.2, -0.15) is 0 Å². The van der Waals surface area contributed by atoms with Gasteiger partial charge in [0.1, 0.15) is 0 Å². The molecule has 0 bridgehead atoms. The predicted octanol–water partition coefficient (Wildman–Crippen LogP) is 2.75. The summed E-state index contributed by atoms with van der Waals surface area (Å²) in [4.78, 5) is 4.70. The largest absolute Gasteiger partial charge is 0.381 e. The number of benzene rings is 1. The number of nitrogens with one attached hydrogen (secondary N) is 1. The Hall–Kier alpha value is -1.55. The molecule has 1 aromatic carbocycles. The molecule has 2 fully saturated rings. The van der Waals surface area contributed by atoms with Crippen LogP contribution in [-0.2, 0) is 10.2 Å². The van der Waals surface area contributed by atoms with E-state index in [0.717, 1.165) is 45.1 Å².